The lowest BCUT2D eigenvalue weighted by Crippen LogP contribution is -2.42. The molecule has 2 heterocycles. The Hall–Kier alpha value is -2.24. The molecule has 0 bridgehead atoms. The zero-order valence-electron chi connectivity index (χ0n) is 11.9. The van der Waals surface area contributed by atoms with Crippen molar-refractivity contribution in [3.63, 3.8) is 0 Å². The number of piperidine rings is 1. The van der Waals surface area contributed by atoms with Gasteiger partial charge in [0.05, 0.1) is 10.9 Å². The number of rotatable bonds is 2. The molecule has 1 aromatic heterocycles. The van der Waals surface area contributed by atoms with Gasteiger partial charge < -0.3 is 0 Å². The van der Waals surface area contributed by atoms with Crippen molar-refractivity contribution in [3.8, 4) is 0 Å². The van der Waals surface area contributed by atoms with Crippen LogP contribution in [0.15, 0.2) is 18.2 Å². The maximum Gasteiger partial charge on any atom is 0.251 e. The van der Waals surface area contributed by atoms with Gasteiger partial charge in [0.15, 0.2) is 0 Å². The molecule has 5 nitrogen and oxygen atoms in total. The van der Waals surface area contributed by atoms with Gasteiger partial charge in [0.25, 0.3) is 5.91 Å². The monoisotopic (exact) mass is 289 g/mol. The third-order valence-electron chi connectivity index (χ3n) is 3.85. The van der Waals surface area contributed by atoms with Crippen LogP contribution in [0.3, 0.4) is 0 Å². The Morgan fingerprint density at radius 2 is 2.14 bits per heavy atom. The summed E-state index contributed by atoms with van der Waals surface area (Å²) in [5.74, 6) is -1.14. The smallest absolute Gasteiger partial charge is 0.251 e. The summed E-state index contributed by atoms with van der Waals surface area (Å²) >= 11 is 0. The van der Waals surface area contributed by atoms with E-state index in [9.17, 15) is 14.0 Å². The van der Waals surface area contributed by atoms with Gasteiger partial charge in [0.1, 0.15) is 6.04 Å². The maximum absolute atomic E-state index is 14.3. The molecule has 2 amide bonds. The van der Waals surface area contributed by atoms with E-state index in [0.29, 0.717) is 17.3 Å². The van der Waals surface area contributed by atoms with E-state index in [4.69, 9.17) is 0 Å². The average Bonchev–Trinajstić information content (AvgIpc) is 2.76. The van der Waals surface area contributed by atoms with Crippen molar-refractivity contribution < 1.29 is 14.0 Å². The molecule has 0 saturated carbocycles. The summed E-state index contributed by atoms with van der Waals surface area (Å²) in [7, 11) is 0. The molecule has 2 aromatic rings. The highest BCUT2D eigenvalue weighted by molar-refractivity contribution is 6.00. The Balaban J connectivity index is 2.14. The fourth-order valence-electron chi connectivity index (χ4n) is 2.81. The number of imide groups is 1. The largest absolute Gasteiger partial charge is 0.295 e. The van der Waals surface area contributed by atoms with Crippen LogP contribution in [0.1, 0.15) is 44.2 Å². The summed E-state index contributed by atoms with van der Waals surface area (Å²) in [6, 6.07) is 4.81. The summed E-state index contributed by atoms with van der Waals surface area (Å²) in [6.45, 7) is 3.97. The first-order chi connectivity index (χ1) is 9.99. The van der Waals surface area contributed by atoms with E-state index >= 15 is 0 Å². The molecule has 1 saturated heterocycles. The molecule has 1 N–H and O–H groups in total. The van der Waals surface area contributed by atoms with Crippen LogP contribution < -0.4 is 5.32 Å². The second-order valence-electron chi connectivity index (χ2n) is 5.60. The molecular weight excluding hydrogens is 273 g/mol. The number of benzene rings is 1. The summed E-state index contributed by atoms with van der Waals surface area (Å²) in [4.78, 5) is 23.2. The number of hydrogen-bond acceptors (Lipinski definition) is 3. The van der Waals surface area contributed by atoms with Gasteiger partial charge in [-0.25, -0.2) is 4.68 Å². The topological polar surface area (TPSA) is 64.0 Å². The number of nitrogens with one attached hydrogen (secondary N) is 1. The highest BCUT2D eigenvalue weighted by Gasteiger charge is 2.31. The fraction of sp³-hybridized carbons (Fsp3) is 0.400. The first-order valence-electron chi connectivity index (χ1n) is 6.99. The zero-order chi connectivity index (χ0) is 15.1. The summed E-state index contributed by atoms with van der Waals surface area (Å²) < 4.78 is 15.7. The van der Waals surface area contributed by atoms with E-state index in [-0.39, 0.29) is 18.2 Å². The Bertz CT molecular complexity index is 736. The molecule has 1 aromatic carbocycles. The van der Waals surface area contributed by atoms with Crippen LogP contribution in [-0.2, 0) is 9.59 Å². The number of nitrogens with zero attached hydrogens (tertiary/aromatic N) is 2. The predicted octanol–water partition coefficient (Wildman–Crippen LogP) is 2.28. The Morgan fingerprint density at radius 1 is 1.38 bits per heavy atom. The van der Waals surface area contributed by atoms with Gasteiger partial charge >= 0.3 is 0 Å². The quantitative estimate of drug-likeness (QED) is 0.863. The van der Waals surface area contributed by atoms with Crippen molar-refractivity contribution >= 4 is 22.7 Å². The molecule has 21 heavy (non-hydrogen) atoms. The molecule has 1 aliphatic rings. The number of carbonyl (C=O) groups excluding carboxylic acids is 2. The van der Waals surface area contributed by atoms with E-state index in [2.05, 4.69) is 10.4 Å². The van der Waals surface area contributed by atoms with Gasteiger partial charge in [-0.15, -0.1) is 5.10 Å². The second kappa shape index (κ2) is 4.95. The van der Waals surface area contributed by atoms with Gasteiger partial charge in [-0.05, 0) is 24.0 Å². The number of aromatic nitrogens is 2. The SMILES string of the molecule is CC(C)c1cccc2c1c(F)nn2C1CCC(=O)NC1=O. The van der Waals surface area contributed by atoms with E-state index in [0.717, 1.165) is 5.56 Å². The number of carbonyl (C=O) groups is 2. The first-order valence-corrected chi connectivity index (χ1v) is 6.99. The highest BCUT2D eigenvalue weighted by atomic mass is 19.1. The minimum atomic E-state index is -0.642. The van der Waals surface area contributed by atoms with Crippen LogP contribution in [0.5, 0.6) is 0 Å². The molecular formula is C15H16FN3O2. The van der Waals surface area contributed by atoms with Crippen molar-refractivity contribution in [2.24, 2.45) is 0 Å². The molecule has 1 aliphatic heterocycles. The summed E-state index contributed by atoms with van der Waals surface area (Å²) in [5, 5.41) is 6.64. The average molecular weight is 289 g/mol. The van der Waals surface area contributed by atoms with Crippen LogP contribution in [0.2, 0.25) is 0 Å². The molecule has 0 spiro atoms. The Morgan fingerprint density at radius 3 is 2.81 bits per heavy atom. The second-order valence-corrected chi connectivity index (χ2v) is 5.60. The van der Waals surface area contributed by atoms with Crippen LogP contribution >= 0.6 is 0 Å². The van der Waals surface area contributed by atoms with E-state index in [1.165, 1.54) is 4.68 Å². The van der Waals surface area contributed by atoms with Crippen LogP contribution in [0, 0.1) is 5.95 Å². The number of amides is 2. The molecule has 1 fully saturated rings. The third kappa shape index (κ3) is 2.20. The minimum absolute atomic E-state index is 0.155. The maximum atomic E-state index is 14.3. The lowest BCUT2D eigenvalue weighted by atomic mass is 9.99. The van der Waals surface area contributed by atoms with Gasteiger partial charge in [0.2, 0.25) is 11.9 Å². The van der Waals surface area contributed by atoms with Crippen molar-refractivity contribution in [2.75, 3.05) is 0 Å². The van der Waals surface area contributed by atoms with Crippen LogP contribution in [-0.4, -0.2) is 21.6 Å². The van der Waals surface area contributed by atoms with E-state index in [1.807, 2.05) is 26.0 Å². The highest BCUT2D eigenvalue weighted by Crippen LogP contribution is 2.30. The van der Waals surface area contributed by atoms with Gasteiger partial charge in [0, 0.05) is 6.42 Å². The van der Waals surface area contributed by atoms with Crippen molar-refractivity contribution in [2.45, 2.75) is 38.6 Å². The van der Waals surface area contributed by atoms with Gasteiger partial charge in [-0.2, -0.15) is 4.39 Å². The van der Waals surface area contributed by atoms with E-state index in [1.54, 1.807) is 6.07 Å². The molecule has 0 aliphatic carbocycles. The predicted molar refractivity (Wildman–Crippen MR) is 75.2 cm³/mol. The van der Waals surface area contributed by atoms with Gasteiger partial charge in [-0.1, -0.05) is 26.0 Å². The van der Waals surface area contributed by atoms with Crippen molar-refractivity contribution in [1.29, 1.82) is 0 Å². The van der Waals surface area contributed by atoms with E-state index < -0.39 is 17.9 Å². The standard InChI is InChI=1S/C15H16FN3O2/c1-8(2)9-4-3-5-10-13(9)14(16)18-19(10)11-6-7-12(20)17-15(11)21/h3-5,8,11H,6-7H2,1-2H3,(H,17,20,21). The number of halogens is 1. The third-order valence-corrected chi connectivity index (χ3v) is 3.85. The lowest BCUT2D eigenvalue weighted by molar-refractivity contribution is -0.135. The molecule has 3 rings (SSSR count). The number of fused-ring (bicyclic) bond motifs is 1. The van der Waals surface area contributed by atoms with Gasteiger partial charge in [-0.3, -0.25) is 14.9 Å². The summed E-state index contributed by atoms with van der Waals surface area (Å²) in [5.41, 5.74) is 1.46. The van der Waals surface area contributed by atoms with Crippen LogP contribution in [0.4, 0.5) is 4.39 Å². The Labute approximate surface area is 121 Å². The van der Waals surface area contributed by atoms with Crippen molar-refractivity contribution in [1.82, 2.24) is 15.1 Å². The molecule has 1 atom stereocenters. The zero-order valence-corrected chi connectivity index (χ0v) is 11.9. The molecule has 110 valence electrons. The minimum Gasteiger partial charge on any atom is -0.295 e. The number of hydrogen-bond donors (Lipinski definition) is 1. The summed E-state index contributed by atoms with van der Waals surface area (Å²) in [6.07, 6.45) is 0.579. The van der Waals surface area contributed by atoms with Crippen LogP contribution in [0.25, 0.3) is 10.9 Å². The normalized spacial score (nSPS) is 19.3. The lowest BCUT2D eigenvalue weighted by Gasteiger charge is -2.21. The first kappa shape index (κ1) is 13.7. The molecule has 6 heteroatoms. The van der Waals surface area contributed by atoms with Crippen molar-refractivity contribution in [3.05, 3.63) is 29.7 Å². The fourth-order valence-corrected chi connectivity index (χ4v) is 2.81. The molecule has 0 radical (unpaired) electrons. The Kier molecular flexibility index (Phi) is 3.23. The molecule has 1 unspecified atom stereocenters.